The lowest BCUT2D eigenvalue weighted by Gasteiger charge is -2.18. The van der Waals surface area contributed by atoms with Crippen molar-refractivity contribution in [1.29, 1.82) is 0 Å². The molecule has 6 nitrogen and oxygen atoms in total. The molecule has 0 amide bonds. The van der Waals surface area contributed by atoms with Crippen LogP contribution in [-0.2, 0) is 28.6 Å². The number of esters is 3. The quantitative estimate of drug-likeness (QED) is 0.0261. The Labute approximate surface area is 508 Å². The highest BCUT2D eigenvalue weighted by atomic mass is 16.6. The van der Waals surface area contributed by atoms with Crippen LogP contribution in [0, 0.1) is 0 Å². The zero-order valence-electron chi connectivity index (χ0n) is 54.0. The molecule has 0 radical (unpaired) electrons. The van der Waals surface area contributed by atoms with Crippen LogP contribution in [-0.4, -0.2) is 37.2 Å². The lowest BCUT2D eigenvalue weighted by Crippen LogP contribution is -2.30. The van der Waals surface area contributed by atoms with Crippen molar-refractivity contribution in [3.63, 3.8) is 0 Å². The molecule has 0 fully saturated rings. The van der Waals surface area contributed by atoms with Crippen molar-refractivity contribution in [2.24, 2.45) is 0 Å². The maximum absolute atomic E-state index is 13.0. The fraction of sp³-hybridized carbons (Fsp3) is 0.724. The third-order valence-corrected chi connectivity index (χ3v) is 15.0. The van der Waals surface area contributed by atoms with Crippen LogP contribution in [0.1, 0.15) is 335 Å². The zero-order chi connectivity index (χ0) is 59.2. The van der Waals surface area contributed by atoms with Crippen molar-refractivity contribution in [1.82, 2.24) is 0 Å². The van der Waals surface area contributed by atoms with Gasteiger partial charge in [0.05, 0.1) is 0 Å². The van der Waals surface area contributed by atoms with Gasteiger partial charge in [-0.3, -0.25) is 14.4 Å². The van der Waals surface area contributed by atoms with E-state index in [1.807, 2.05) is 0 Å². The van der Waals surface area contributed by atoms with Crippen LogP contribution in [0.2, 0.25) is 0 Å². The molecule has 1 unspecified atom stereocenters. The fourth-order valence-electron chi connectivity index (χ4n) is 9.88. The van der Waals surface area contributed by atoms with E-state index < -0.39 is 6.10 Å². The normalized spacial score (nSPS) is 12.8. The van der Waals surface area contributed by atoms with Crippen LogP contribution in [0.4, 0.5) is 0 Å². The SMILES string of the molecule is CC/C=C\C/C=C\C/C=C\C/C=C\C/C=C\CCCCCCCCCCCC(=O)OCC(COC(=O)CCCCCCCC/C=C\C/C=C\C/C=C\C/C=C\CC)OC(=O)CCCCCCCCCCCCCCCCCCCCCC. The first-order valence-electron chi connectivity index (χ1n) is 34.9. The average Bonchev–Trinajstić information content (AvgIpc) is 3.47. The molecule has 0 rings (SSSR count). The molecule has 470 valence electrons. The number of allylic oxidation sites excluding steroid dienone is 18. The van der Waals surface area contributed by atoms with Crippen molar-refractivity contribution in [2.45, 2.75) is 341 Å². The van der Waals surface area contributed by atoms with Gasteiger partial charge in [-0.25, -0.2) is 0 Å². The van der Waals surface area contributed by atoms with Gasteiger partial charge < -0.3 is 14.2 Å². The molecule has 0 bridgehead atoms. The van der Waals surface area contributed by atoms with E-state index in [9.17, 15) is 14.4 Å². The Hall–Kier alpha value is -3.93. The molecule has 0 saturated carbocycles. The minimum atomic E-state index is -0.789. The Bertz CT molecular complexity index is 1640. The second kappa shape index (κ2) is 69.6. The summed E-state index contributed by atoms with van der Waals surface area (Å²) in [5, 5.41) is 0. The summed E-state index contributed by atoms with van der Waals surface area (Å²) in [5.74, 6) is -0.888. The lowest BCUT2D eigenvalue weighted by molar-refractivity contribution is -0.167. The molecular weight excluding hydrogens is 1010 g/mol. The summed E-state index contributed by atoms with van der Waals surface area (Å²) in [6, 6.07) is 0. The monoisotopic (exact) mass is 1140 g/mol. The highest BCUT2D eigenvalue weighted by Crippen LogP contribution is 2.17. The van der Waals surface area contributed by atoms with Gasteiger partial charge in [-0.2, -0.15) is 0 Å². The van der Waals surface area contributed by atoms with Gasteiger partial charge in [0.25, 0.3) is 0 Å². The maximum Gasteiger partial charge on any atom is 0.306 e. The summed E-state index contributed by atoms with van der Waals surface area (Å²) >= 11 is 0. The van der Waals surface area contributed by atoms with Gasteiger partial charge in [0, 0.05) is 19.3 Å². The van der Waals surface area contributed by atoms with E-state index >= 15 is 0 Å². The van der Waals surface area contributed by atoms with Gasteiger partial charge in [0.2, 0.25) is 0 Å². The minimum absolute atomic E-state index is 0.0842. The van der Waals surface area contributed by atoms with Crippen LogP contribution in [0.3, 0.4) is 0 Å². The van der Waals surface area contributed by atoms with E-state index in [0.29, 0.717) is 19.3 Å². The second-order valence-corrected chi connectivity index (χ2v) is 23.0. The number of hydrogen-bond donors (Lipinski definition) is 0. The van der Waals surface area contributed by atoms with Crippen LogP contribution >= 0.6 is 0 Å². The molecule has 0 aromatic carbocycles. The van der Waals surface area contributed by atoms with Crippen LogP contribution in [0.15, 0.2) is 109 Å². The summed E-state index contributed by atoms with van der Waals surface area (Å²) in [7, 11) is 0. The Morgan fingerprint density at radius 3 is 0.744 bits per heavy atom. The van der Waals surface area contributed by atoms with Gasteiger partial charge >= 0.3 is 17.9 Å². The van der Waals surface area contributed by atoms with Gasteiger partial charge in [-0.15, -0.1) is 0 Å². The summed E-state index contributed by atoms with van der Waals surface area (Å²) < 4.78 is 17.0. The van der Waals surface area contributed by atoms with Crippen LogP contribution < -0.4 is 0 Å². The van der Waals surface area contributed by atoms with Crippen molar-refractivity contribution in [2.75, 3.05) is 13.2 Å². The van der Waals surface area contributed by atoms with E-state index in [1.165, 1.54) is 167 Å². The molecule has 0 aromatic rings. The molecule has 0 aliphatic rings. The molecule has 0 saturated heterocycles. The number of rotatable bonds is 63. The third-order valence-electron chi connectivity index (χ3n) is 15.0. The Morgan fingerprint density at radius 1 is 0.256 bits per heavy atom. The number of carbonyl (C=O) groups is 3. The number of ether oxygens (including phenoxy) is 3. The van der Waals surface area contributed by atoms with Crippen molar-refractivity contribution in [3.05, 3.63) is 109 Å². The molecule has 0 N–H and O–H groups in total. The fourth-order valence-corrected chi connectivity index (χ4v) is 9.88. The highest BCUT2D eigenvalue weighted by Gasteiger charge is 2.19. The first-order valence-corrected chi connectivity index (χ1v) is 34.9. The zero-order valence-corrected chi connectivity index (χ0v) is 54.0. The van der Waals surface area contributed by atoms with Crippen molar-refractivity contribution < 1.29 is 28.6 Å². The maximum atomic E-state index is 13.0. The first-order chi connectivity index (χ1) is 40.5. The van der Waals surface area contributed by atoms with Crippen molar-refractivity contribution in [3.8, 4) is 0 Å². The van der Waals surface area contributed by atoms with Gasteiger partial charge in [0.1, 0.15) is 13.2 Å². The summed E-state index contributed by atoms with van der Waals surface area (Å²) in [6.45, 7) is 6.44. The molecular formula is C76H130O6. The standard InChI is InChI=1S/C76H130O6/c1-4-7-10-13-16-19-22-25-28-31-34-36-37-38-39-40-43-45-48-51-54-57-60-63-66-69-75(78)81-72-73(71-80-74(77)68-65-62-59-56-53-50-47-44-41-33-30-27-24-21-18-15-12-9-6-3)82-76(79)70-67-64-61-58-55-52-49-46-42-35-32-29-26-23-20-17-14-11-8-5-2/h7,9-10,12,16,18-19,21,25,27-28,30,34,36,38-39,41,44,73H,4-6,8,11,13-15,17,20,22-24,26,29,31-33,35,37,40,42-43,45-72H2,1-3H3/b10-7-,12-9-,19-16-,21-18-,28-25-,30-27-,36-34-,39-38-,44-41-. The molecule has 82 heavy (non-hydrogen) atoms. The topological polar surface area (TPSA) is 78.9 Å². The Kier molecular flexibility index (Phi) is 66.2. The average molecular weight is 1140 g/mol. The minimum Gasteiger partial charge on any atom is -0.462 e. The lowest BCUT2D eigenvalue weighted by atomic mass is 10.0. The summed E-state index contributed by atoms with van der Waals surface area (Å²) in [5.41, 5.74) is 0. The smallest absolute Gasteiger partial charge is 0.306 e. The van der Waals surface area contributed by atoms with E-state index in [4.69, 9.17) is 14.2 Å². The first kappa shape index (κ1) is 78.1. The number of hydrogen-bond acceptors (Lipinski definition) is 6. The Morgan fingerprint density at radius 2 is 0.476 bits per heavy atom. The molecule has 6 heteroatoms. The molecule has 0 aliphatic heterocycles. The molecule has 0 aromatic heterocycles. The van der Waals surface area contributed by atoms with E-state index in [-0.39, 0.29) is 31.1 Å². The molecule has 0 heterocycles. The molecule has 0 aliphatic carbocycles. The Balaban J connectivity index is 4.39. The van der Waals surface area contributed by atoms with Gasteiger partial charge in [-0.1, -0.05) is 323 Å². The van der Waals surface area contributed by atoms with Crippen LogP contribution in [0.5, 0.6) is 0 Å². The van der Waals surface area contributed by atoms with Crippen molar-refractivity contribution >= 4 is 17.9 Å². The number of carbonyl (C=O) groups excluding carboxylic acids is 3. The van der Waals surface area contributed by atoms with E-state index in [1.54, 1.807) is 0 Å². The highest BCUT2D eigenvalue weighted by molar-refractivity contribution is 5.71. The number of unbranched alkanes of at least 4 members (excludes halogenated alkanes) is 34. The van der Waals surface area contributed by atoms with E-state index in [2.05, 4.69) is 130 Å². The molecule has 0 spiro atoms. The summed E-state index contributed by atoms with van der Waals surface area (Å²) in [4.78, 5) is 38.5. The predicted molar refractivity (Wildman–Crippen MR) is 357 cm³/mol. The second-order valence-electron chi connectivity index (χ2n) is 23.0. The largest absolute Gasteiger partial charge is 0.462 e. The predicted octanol–water partition coefficient (Wildman–Crippen LogP) is 24.2. The third kappa shape index (κ3) is 66.9. The van der Waals surface area contributed by atoms with Gasteiger partial charge in [-0.05, 0) is 103 Å². The van der Waals surface area contributed by atoms with Gasteiger partial charge in [0.15, 0.2) is 6.10 Å². The van der Waals surface area contributed by atoms with E-state index in [0.717, 1.165) is 128 Å². The molecule has 1 atom stereocenters. The van der Waals surface area contributed by atoms with Crippen LogP contribution in [0.25, 0.3) is 0 Å². The summed E-state index contributed by atoms with van der Waals surface area (Å²) in [6.07, 6.45) is 95.3.